The van der Waals surface area contributed by atoms with E-state index in [-0.39, 0.29) is 0 Å². The van der Waals surface area contributed by atoms with Gasteiger partial charge in [0.05, 0.1) is 6.10 Å². The summed E-state index contributed by atoms with van der Waals surface area (Å²) in [6, 6.07) is 6.32. The lowest BCUT2D eigenvalue weighted by atomic mass is 10.0. The first kappa shape index (κ1) is 10.3. The Bertz CT molecular complexity index is 329. The molecule has 0 saturated heterocycles. The van der Waals surface area contributed by atoms with Gasteiger partial charge in [0.15, 0.2) is 0 Å². The molecule has 0 bridgehead atoms. The van der Waals surface area contributed by atoms with Crippen LogP contribution in [-0.4, -0.2) is 6.10 Å². The second-order valence-corrected chi connectivity index (χ2v) is 5.29. The van der Waals surface area contributed by atoms with Crippen molar-refractivity contribution in [2.75, 3.05) is 0 Å². The van der Waals surface area contributed by atoms with Crippen LogP contribution in [0.1, 0.15) is 38.2 Å². The summed E-state index contributed by atoms with van der Waals surface area (Å²) in [7, 11) is 0. The lowest BCUT2D eigenvalue weighted by molar-refractivity contribution is 0.298. The van der Waals surface area contributed by atoms with Crippen molar-refractivity contribution in [1.29, 1.82) is 0 Å². The third kappa shape index (κ3) is 2.22. The molecule has 0 radical (unpaired) electrons. The average Bonchev–Trinajstić information content (AvgIpc) is 2.87. The Morgan fingerprint density at radius 2 is 2.07 bits per heavy atom. The predicted molar refractivity (Wildman–Crippen MR) is 66.9 cm³/mol. The number of hydrogen-bond donors (Lipinski definition) is 0. The van der Waals surface area contributed by atoms with Gasteiger partial charge in [-0.3, -0.25) is 0 Å². The fourth-order valence-corrected chi connectivity index (χ4v) is 2.64. The second-order valence-electron chi connectivity index (χ2n) is 4.12. The van der Waals surface area contributed by atoms with E-state index in [4.69, 9.17) is 4.74 Å². The van der Waals surface area contributed by atoms with Gasteiger partial charge in [0.25, 0.3) is 0 Å². The Balaban J connectivity index is 2.30. The van der Waals surface area contributed by atoms with Crippen molar-refractivity contribution in [2.24, 2.45) is 0 Å². The van der Waals surface area contributed by atoms with Crippen LogP contribution in [0.15, 0.2) is 18.2 Å². The number of rotatable bonds is 3. The minimum absolute atomic E-state index is 0.491. The van der Waals surface area contributed by atoms with Crippen LogP contribution in [0, 0.1) is 3.57 Å². The highest BCUT2D eigenvalue weighted by Crippen LogP contribution is 2.35. The van der Waals surface area contributed by atoms with Crippen molar-refractivity contribution in [3.8, 4) is 5.75 Å². The second kappa shape index (κ2) is 4.09. The Morgan fingerprint density at radius 1 is 1.36 bits per heavy atom. The van der Waals surface area contributed by atoms with E-state index in [0.29, 0.717) is 12.0 Å². The fourth-order valence-electron chi connectivity index (χ4n) is 1.55. The van der Waals surface area contributed by atoms with E-state index in [1.807, 2.05) is 0 Å². The van der Waals surface area contributed by atoms with Crippen LogP contribution in [0.2, 0.25) is 0 Å². The lowest BCUT2D eigenvalue weighted by Gasteiger charge is -2.15. The van der Waals surface area contributed by atoms with Crippen molar-refractivity contribution in [3.05, 3.63) is 27.3 Å². The van der Waals surface area contributed by atoms with Crippen molar-refractivity contribution in [2.45, 2.75) is 38.7 Å². The molecular formula is C12H15IO. The van der Waals surface area contributed by atoms with E-state index in [1.165, 1.54) is 22.0 Å². The molecule has 0 N–H and O–H groups in total. The molecule has 2 heteroatoms. The van der Waals surface area contributed by atoms with Gasteiger partial charge in [-0.25, -0.2) is 0 Å². The molecule has 14 heavy (non-hydrogen) atoms. The minimum atomic E-state index is 0.491. The van der Waals surface area contributed by atoms with Gasteiger partial charge in [-0.2, -0.15) is 0 Å². The molecule has 0 spiro atoms. The zero-order valence-electron chi connectivity index (χ0n) is 8.59. The first-order valence-electron chi connectivity index (χ1n) is 5.13. The van der Waals surface area contributed by atoms with Crippen molar-refractivity contribution < 1.29 is 4.74 Å². The molecule has 1 aromatic rings. The van der Waals surface area contributed by atoms with Crippen LogP contribution in [0.25, 0.3) is 0 Å². The van der Waals surface area contributed by atoms with E-state index in [1.54, 1.807) is 0 Å². The van der Waals surface area contributed by atoms with Crippen molar-refractivity contribution >= 4 is 22.6 Å². The molecule has 0 unspecified atom stereocenters. The van der Waals surface area contributed by atoms with Gasteiger partial charge in [0.1, 0.15) is 5.75 Å². The Morgan fingerprint density at radius 3 is 2.64 bits per heavy atom. The molecule has 1 aromatic carbocycles. The highest BCUT2D eigenvalue weighted by atomic mass is 127. The van der Waals surface area contributed by atoms with Crippen LogP contribution in [0.4, 0.5) is 0 Å². The number of hydrogen-bond acceptors (Lipinski definition) is 1. The van der Waals surface area contributed by atoms with Crippen LogP contribution >= 0.6 is 22.6 Å². The van der Waals surface area contributed by atoms with Crippen LogP contribution in [0.5, 0.6) is 5.75 Å². The summed E-state index contributed by atoms with van der Waals surface area (Å²) in [5.41, 5.74) is 1.36. The third-order valence-corrected chi connectivity index (χ3v) is 3.35. The van der Waals surface area contributed by atoms with Gasteiger partial charge in [-0.1, -0.05) is 19.9 Å². The predicted octanol–water partition coefficient (Wildman–Crippen LogP) is 3.96. The smallest absolute Gasteiger partial charge is 0.124 e. The Labute approximate surface area is 99.0 Å². The maximum atomic E-state index is 5.89. The first-order chi connectivity index (χ1) is 6.68. The summed E-state index contributed by atoms with van der Waals surface area (Å²) in [6.45, 7) is 4.44. The van der Waals surface area contributed by atoms with Crippen molar-refractivity contribution in [1.82, 2.24) is 0 Å². The summed E-state index contributed by atoms with van der Waals surface area (Å²) >= 11 is 2.39. The largest absolute Gasteiger partial charge is 0.490 e. The van der Waals surface area contributed by atoms with Crippen LogP contribution < -0.4 is 4.74 Å². The molecule has 0 heterocycles. The van der Waals surface area contributed by atoms with Gasteiger partial charge in [-0.05, 0) is 53.5 Å². The molecule has 0 aromatic heterocycles. The molecule has 0 atom stereocenters. The molecular weight excluding hydrogens is 287 g/mol. The maximum absolute atomic E-state index is 5.89. The number of halogens is 1. The summed E-state index contributed by atoms with van der Waals surface area (Å²) in [4.78, 5) is 0. The Kier molecular flexibility index (Phi) is 3.00. The monoisotopic (exact) mass is 302 g/mol. The zero-order valence-corrected chi connectivity index (χ0v) is 10.7. The first-order valence-corrected chi connectivity index (χ1v) is 6.21. The average molecular weight is 302 g/mol. The summed E-state index contributed by atoms with van der Waals surface area (Å²) in [6.07, 6.45) is 2.94. The lowest BCUT2D eigenvalue weighted by Crippen LogP contribution is -2.02. The van der Waals surface area contributed by atoms with Gasteiger partial charge < -0.3 is 4.74 Å². The molecule has 1 fully saturated rings. The quantitative estimate of drug-likeness (QED) is 0.768. The summed E-state index contributed by atoms with van der Waals surface area (Å²) < 4.78 is 7.21. The standard InChI is InChI=1S/C12H15IO/c1-8(2)12-10(13)4-3-5-11(12)14-9-6-7-9/h3-5,8-9H,6-7H2,1-2H3. The highest BCUT2D eigenvalue weighted by Gasteiger charge is 2.25. The van der Waals surface area contributed by atoms with Gasteiger partial charge in [0, 0.05) is 9.13 Å². The molecule has 1 aliphatic rings. The summed E-state index contributed by atoms with van der Waals surface area (Å²) in [5, 5.41) is 0. The van der Waals surface area contributed by atoms with Gasteiger partial charge >= 0.3 is 0 Å². The van der Waals surface area contributed by atoms with Crippen molar-refractivity contribution in [3.63, 3.8) is 0 Å². The minimum Gasteiger partial charge on any atom is -0.490 e. The van der Waals surface area contributed by atoms with E-state index in [9.17, 15) is 0 Å². The maximum Gasteiger partial charge on any atom is 0.124 e. The molecule has 1 nitrogen and oxygen atoms in total. The topological polar surface area (TPSA) is 9.23 Å². The Hall–Kier alpha value is -0.250. The van der Waals surface area contributed by atoms with Gasteiger partial charge in [0.2, 0.25) is 0 Å². The molecule has 0 amide bonds. The van der Waals surface area contributed by atoms with E-state index in [2.05, 4.69) is 54.6 Å². The molecule has 0 aliphatic heterocycles. The van der Waals surface area contributed by atoms with Crippen LogP contribution in [0.3, 0.4) is 0 Å². The normalized spacial score (nSPS) is 16.0. The molecule has 1 aliphatic carbocycles. The molecule has 2 rings (SSSR count). The fraction of sp³-hybridized carbons (Fsp3) is 0.500. The number of benzene rings is 1. The third-order valence-electron chi connectivity index (χ3n) is 2.41. The highest BCUT2D eigenvalue weighted by molar-refractivity contribution is 14.1. The molecule has 1 saturated carbocycles. The SMILES string of the molecule is CC(C)c1c(I)cccc1OC1CC1. The van der Waals surface area contributed by atoms with E-state index >= 15 is 0 Å². The van der Waals surface area contributed by atoms with E-state index < -0.39 is 0 Å². The van der Waals surface area contributed by atoms with E-state index in [0.717, 1.165) is 5.75 Å². The summed E-state index contributed by atoms with van der Waals surface area (Å²) in [5.74, 6) is 1.63. The zero-order chi connectivity index (χ0) is 10.1. The molecule has 76 valence electrons. The van der Waals surface area contributed by atoms with Gasteiger partial charge in [-0.15, -0.1) is 0 Å². The number of ether oxygens (including phenoxy) is 1. The van der Waals surface area contributed by atoms with Crippen LogP contribution in [-0.2, 0) is 0 Å².